The number of nitrogens with zero attached hydrogens (tertiary/aromatic N) is 3. The molecule has 0 saturated heterocycles. The number of rotatable bonds is 5. The lowest BCUT2D eigenvalue weighted by Gasteiger charge is -2.19. The van der Waals surface area contributed by atoms with Crippen molar-refractivity contribution in [3.05, 3.63) is 72.1 Å². The molecule has 2 aromatic carbocycles. The Morgan fingerprint density at radius 3 is 2.26 bits per heavy atom. The van der Waals surface area contributed by atoms with Crippen LogP contribution in [-0.4, -0.2) is 21.0 Å². The largest absolute Gasteiger partial charge is 0.380 e. The molecule has 2 heterocycles. The average molecular weight is 426 g/mol. The van der Waals surface area contributed by atoms with Gasteiger partial charge in [-0.1, -0.05) is 37.3 Å². The van der Waals surface area contributed by atoms with Crippen molar-refractivity contribution in [1.82, 2.24) is 15.0 Å². The third kappa shape index (κ3) is 3.93. The van der Waals surface area contributed by atoms with Crippen molar-refractivity contribution in [3.8, 4) is 22.4 Å². The lowest BCUT2D eigenvalue weighted by Crippen LogP contribution is -2.16. The summed E-state index contributed by atoms with van der Waals surface area (Å²) >= 11 is 0. The van der Waals surface area contributed by atoms with E-state index in [-0.39, 0.29) is 22.9 Å². The van der Waals surface area contributed by atoms with Crippen LogP contribution < -0.4 is 5.32 Å². The number of benzene rings is 2. The summed E-state index contributed by atoms with van der Waals surface area (Å²) in [6.07, 6.45) is 2.10. The number of fused-ring (bicyclic) bond motifs is 1. The Kier molecular flexibility index (Phi) is 5.54. The number of aromatic nitrogens is 3. The molecular weight excluding hydrogens is 408 g/mol. The minimum absolute atomic E-state index is 0.0188. The van der Waals surface area contributed by atoms with Gasteiger partial charge >= 0.3 is 0 Å². The second kappa shape index (κ2) is 8.29. The fourth-order valence-electron chi connectivity index (χ4n) is 3.25. The molecule has 4 aromatic rings. The van der Waals surface area contributed by atoms with Crippen molar-refractivity contribution < 1.29 is 17.6 Å². The maximum atomic E-state index is 15.1. The van der Waals surface area contributed by atoms with Gasteiger partial charge < -0.3 is 5.32 Å². The lowest BCUT2D eigenvalue weighted by atomic mass is 10.0. The quantitative estimate of drug-likeness (QED) is 0.308. The van der Waals surface area contributed by atoms with Crippen molar-refractivity contribution in [1.29, 1.82) is 0 Å². The van der Waals surface area contributed by atoms with Gasteiger partial charge in [-0.05, 0) is 13.3 Å². The highest BCUT2D eigenvalue weighted by Crippen LogP contribution is 2.38. The van der Waals surface area contributed by atoms with Gasteiger partial charge in [0.2, 0.25) is 5.95 Å². The van der Waals surface area contributed by atoms with E-state index >= 15 is 4.39 Å². The molecule has 1 unspecified atom stereocenters. The molecule has 4 rings (SSSR count). The molecule has 0 aliphatic rings. The van der Waals surface area contributed by atoms with Crippen LogP contribution in [0.15, 0.2) is 48.7 Å². The number of nitrogens with one attached hydrogen (secondary N) is 1. The highest BCUT2D eigenvalue weighted by atomic mass is 19.1. The van der Waals surface area contributed by atoms with Gasteiger partial charge in [0, 0.05) is 23.7 Å². The van der Waals surface area contributed by atoms with Gasteiger partial charge in [0.25, 0.3) is 0 Å². The minimum atomic E-state index is -1.24. The van der Waals surface area contributed by atoms with Crippen LogP contribution in [0, 0.1) is 23.4 Å². The Bertz CT molecular complexity index is 1240. The van der Waals surface area contributed by atoms with E-state index in [4.69, 9.17) is 0 Å². The number of hydrogen-bond donors (Lipinski definition) is 1. The SMILES string of the molecule is CCC(C)Nc1c(-c2c(F)cc(F)cc2F)c(F)nc2ncc(-c3ccccc3)nc12. The van der Waals surface area contributed by atoms with E-state index in [0.29, 0.717) is 24.2 Å². The second-order valence-corrected chi connectivity index (χ2v) is 7.14. The maximum absolute atomic E-state index is 15.1. The summed E-state index contributed by atoms with van der Waals surface area (Å²) in [4.78, 5) is 12.5. The third-order valence-electron chi connectivity index (χ3n) is 4.98. The summed E-state index contributed by atoms with van der Waals surface area (Å²) in [7, 11) is 0. The molecule has 0 bridgehead atoms. The summed E-state index contributed by atoms with van der Waals surface area (Å²) in [5.74, 6) is -4.71. The molecule has 31 heavy (non-hydrogen) atoms. The van der Waals surface area contributed by atoms with Crippen molar-refractivity contribution in [2.24, 2.45) is 0 Å². The van der Waals surface area contributed by atoms with Crippen LogP contribution in [0.2, 0.25) is 0 Å². The highest BCUT2D eigenvalue weighted by molar-refractivity contribution is 5.96. The standard InChI is InChI=1S/C23H18F4N4/c1-3-12(2)29-20-19(18-15(25)9-14(24)10-16(18)26)22(27)31-23-21(20)30-17(11-28-23)13-7-5-4-6-8-13/h4-12H,3H2,1-2H3,(H,28,29,31). The molecule has 2 aromatic heterocycles. The molecule has 1 N–H and O–H groups in total. The summed E-state index contributed by atoms with van der Waals surface area (Å²) in [6, 6.07) is 9.99. The van der Waals surface area contributed by atoms with Gasteiger partial charge in [0.05, 0.1) is 28.7 Å². The molecule has 0 aliphatic carbocycles. The van der Waals surface area contributed by atoms with E-state index in [1.165, 1.54) is 6.20 Å². The first kappa shape index (κ1) is 20.7. The van der Waals surface area contributed by atoms with E-state index < -0.39 is 34.5 Å². The van der Waals surface area contributed by atoms with Crippen molar-refractivity contribution in [2.75, 3.05) is 5.32 Å². The summed E-state index contributed by atoms with van der Waals surface area (Å²) in [6.45, 7) is 3.73. The zero-order chi connectivity index (χ0) is 22.1. The van der Waals surface area contributed by atoms with Crippen LogP contribution in [0.3, 0.4) is 0 Å². The predicted octanol–water partition coefficient (Wildman–Crippen LogP) is 6.13. The monoisotopic (exact) mass is 426 g/mol. The van der Waals surface area contributed by atoms with Crippen LogP contribution >= 0.6 is 0 Å². The first-order valence-electron chi connectivity index (χ1n) is 9.72. The Morgan fingerprint density at radius 1 is 0.935 bits per heavy atom. The number of anilines is 1. The van der Waals surface area contributed by atoms with E-state index in [2.05, 4.69) is 20.3 Å². The predicted molar refractivity (Wildman–Crippen MR) is 111 cm³/mol. The average Bonchev–Trinajstić information content (AvgIpc) is 2.75. The first-order valence-corrected chi connectivity index (χ1v) is 9.72. The molecule has 0 fully saturated rings. The van der Waals surface area contributed by atoms with Crippen LogP contribution in [-0.2, 0) is 0 Å². The van der Waals surface area contributed by atoms with Crippen LogP contribution in [0.25, 0.3) is 33.5 Å². The normalized spacial score (nSPS) is 12.2. The minimum Gasteiger partial charge on any atom is -0.380 e. The fraction of sp³-hybridized carbons (Fsp3) is 0.174. The van der Waals surface area contributed by atoms with Crippen molar-refractivity contribution in [2.45, 2.75) is 26.3 Å². The van der Waals surface area contributed by atoms with Crippen LogP contribution in [0.4, 0.5) is 23.2 Å². The van der Waals surface area contributed by atoms with E-state index in [9.17, 15) is 13.2 Å². The molecule has 0 spiro atoms. The smallest absolute Gasteiger partial charge is 0.225 e. The molecular formula is C23H18F4N4. The van der Waals surface area contributed by atoms with Gasteiger partial charge in [-0.3, -0.25) is 0 Å². The van der Waals surface area contributed by atoms with Gasteiger partial charge in [-0.2, -0.15) is 9.37 Å². The second-order valence-electron chi connectivity index (χ2n) is 7.14. The molecule has 0 aliphatic heterocycles. The van der Waals surface area contributed by atoms with Crippen molar-refractivity contribution >= 4 is 16.9 Å². The topological polar surface area (TPSA) is 50.7 Å². The van der Waals surface area contributed by atoms with Crippen molar-refractivity contribution in [3.63, 3.8) is 0 Å². The Hall–Kier alpha value is -3.55. The molecule has 0 radical (unpaired) electrons. The van der Waals surface area contributed by atoms with E-state index in [1.54, 1.807) is 0 Å². The molecule has 8 heteroatoms. The van der Waals surface area contributed by atoms with Gasteiger partial charge in [0.1, 0.15) is 23.0 Å². The first-order chi connectivity index (χ1) is 14.9. The highest BCUT2D eigenvalue weighted by Gasteiger charge is 2.26. The zero-order valence-electron chi connectivity index (χ0n) is 16.8. The number of halogens is 4. The summed E-state index contributed by atoms with van der Waals surface area (Å²) in [5, 5.41) is 3.08. The number of pyridine rings is 1. The van der Waals surface area contributed by atoms with Crippen LogP contribution in [0.1, 0.15) is 20.3 Å². The lowest BCUT2D eigenvalue weighted by molar-refractivity contribution is 0.542. The molecule has 158 valence electrons. The molecule has 4 nitrogen and oxygen atoms in total. The summed E-state index contributed by atoms with van der Waals surface area (Å²) in [5.41, 5.74) is 0.256. The summed E-state index contributed by atoms with van der Waals surface area (Å²) < 4.78 is 57.7. The molecule has 0 saturated carbocycles. The van der Waals surface area contributed by atoms with Crippen LogP contribution in [0.5, 0.6) is 0 Å². The van der Waals surface area contributed by atoms with Gasteiger partial charge in [-0.15, -0.1) is 0 Å². The Balaban J connectivity index is 2.05. The van der Waals surface area contributed by atoms with Gasteiger partial charge in [-0.25, -0.2) is 23.1 Å². The number of hydrogen-bond acceptors (Lipinski definition) is 4. The Labute approximate surface area is 176 Å². The van der Waals surface area contributed by atoms with E-state index in [1.807, 2.05) is 44.2 Å². The maximum Gasteiger partial charge on any atom is 0.225 e. The molecule has 1 atom stereocenters. The molecule has 0 amide bonds. The Morgan fingerprint density at radius 2 is 1.61 bits per heavy atom. The third-order valence-corrected chi connectivity index (χ3v) is 4.98. The van der Waals surface area contributed by atoms with Gasteiger partial charge in [0.15, 0.2) is 5.65 Å². The zero-order valence-corrected chi connectivity index (χ0v) is 16.8. The fourth-order valence-corrected chi connectivity index (χ4v) is 3.25. The van der Waals surface area contributed by atoms with E-state index in [0.717, 1.165) is 5.56 Å².